The third kappa shape index (κ3) is 5.76. The number of para-hydroxylation sites is 4. The Morgan fingerprint density at radius 3 is 1.69 bits per heavy atom. The van der Waals surface area contributed by atoms with Crippen molar-refractivity contribution in [3.8, 4) is 56.7 Å². The van der Waals surface area contributed by atoms with Crippen molar-refractivity contribution < 1.29 is 4.42 Å². The molecule has 0 aliphatic heterocycles. The van der Waals surface area contributed by atoms with Crippen molar-refractivity contribution in [1.29, 1.82) is 0 Å². The lowest BCUT2D eigenvalue weighted by Crippen LogP contribution is -2.01. The van der Waals surface area contributed by atoms with Gasteiger partial charge in [-0.05, 0) is 72.3 Å². The fourth-order valence-electron chi connectivity index (χ4n) is 10.9. The molecule has 0 aliphatic carbocycles. The summed E-state index contributed by atoms with van der Waals surface area (Å²) in [7, 11) is 0. The summed E-state index contributed by atoms with van der Waals surface area (Å²) in [4.78, 5) is 15.6. The molecule has 326 valence electrons. The van der Waals surface area contributed by atoms with E-state index < -0.39 is 0 Å². The molecule has 0 amide bonds. The largest absolute Gasteiger partial charge is 0.456 e. The van der Waals surface area contributed by atoms with Crippen molar-refractivity contribution in [2.45, 2.75) is 0 Å². The highest BCUT2D eigenvalue weighted by Gasteiger charge is 2.27. The Kier molecular flexibility index (Phi) is 8.43. The van der Waals surface area contributed by atoms with Gasteiger partial charge in [0.2, 0.25) is 0 Å². The molecule has 70 heavy (non-hydrogen) atoms. The lowest BCUT2D eigenvalue weighted by atomic mass is 9.96. The molecule has 5 heterocycles. The number of aromatic nitrogens is 5. The summed E-state index contributed by atoms with van der Waals surface area (Å²) in [6.07, 6.45) is 0. The third-order valence-electron chi connectivity index (χ3n) is 14.0. The topological polar surface area (TPSA) is 61.7 Å². The Hall–Kier alpha value is -9.17. The normalized spacial score (nSPS) is 12.0. The molecule has 5 aromatic heterocycles. The minimum atomic E-state index is 0.630. The zero-order valence-corrected chi connectivity index (χ0v) is 38.2. The number of hydrogen-bond donors (Lipinski definition) is 0. The summed E-state index contributed by atoms with van der Waals surface area (Å²) in [5, 5.41) is 9.23. The molecule has 6 nitrogen and oxygen atoms in total. The highest BCUT2D eigenvalue weighted by atomic mass is 32.1. The maximum absolute atomic E-state index is 6.42. The average Bonchev–Trinajstić information content (AvgIpc) is 4.19. The fraction of sp³-hybridized carbons (Fsp3) is 0. The Morgan fingerprint density at radius 1 is 0.357 bits per heavy atom. The Morgan fingerprint density at radius 2 is 0.943 bits per heavy atom. The molecule has 0 radical (unpaired) electrons. The van der Waals surface area contributed by atoms with Gasteiger partial charge in [0.15, 0.2) is 17.5 Å². The van der Waals surface area contributed by atoms with Crippen LogP contribution in [0.5, 0.6) is 0 Å². The summed E-state index contributed by atoms with van der Waals surface area (Å²) >= 11 is 1.82. The second kappa shape index (κ2) is 15.2. The van der Waals surface area contributed by atoms with Crippen molar-refractivity contribution in [2.24, 2.45) is 0 Å². The van der Waals surface area contributed by atoms with E-state index in [2.05, 4.69) is 191 Å². The van der Waals surface area contributed by atoms with Crippen LogP contribution in [0.15, 0.2) is 229 Å². The van der Waals surface area contributed by atoms with Crippen molar-refractivity contribution in [2.75, 3.05) is 0 Å². The van der Waals surface area contributed by atoms with E-state index in [4.69, 9.17) is 19.4 Å². The van der Waals surface area contributed by atoms with Crippen LogP contribution in [0.2, 0.25) is 0 Å². The monoisotopic (exact) mass is 911 g/mol. The van der Waals surface area contributed by atoms with E-state index in [1.807, 2.05) is 53.8 Å². The van der Waals surface area contributed by atoms with Crippen LogP contribution < -0.4 is 0 Å². The van der Waals surface area contributed by atoms with Crippen molar-refractivity contribution in [1.82, 2.24) is 24.1 Å². The van der Waals surface area contributed by atoms with Crippen LogP contribution in [0, 0.1) is 0 Å². The SMILES string of the molecule is c1ccc(-c2nc(-c3ccccc3)nc(-c3ccc(-n4c5ccccc5c5c4c(-c4ccc6oc7ccccc7c6c4)cc4c6ccccc6n(-c6ccccc6)c45)c4sc5ccccc5c34)n2)cc1. The minimum Gasteiger partial charge on any atom is -0.456 e. The van der Waals surface area contributed by atoms with Crippen LogP contribution in [0.4, 0.5) is 0 Å². The number of thiophene rings is 1. The maximum atomic E-state index is 6.42. The Labute approximate surface area is 404 Å². The van der Waals surface area contributed by atoms with Gasteiger partial charge in [0.25, 0.3) is 0 Å². The molecule has 0 fully saturated rings. The van der Waals surface area contributed by atoms with Crippen LogP contribution in [-0.2, 0) is 0 Å². The standard InChI is InChI=1S/C63H37N5OS/c1-4-18-38(19-5-1)61-64-62(39-20-6-2-7-21-39)66-63(65-61)46-33-34-52(60-56(46)45-27-13-17-31-55(45)70-60)68-51-29-15-11-26-44(51)57-58(68)47(40-32-35-54-48(36-40)43-25-12-16-30-53(43)69-54)37-49-42-24-10-14-28-50(42)67(59(49)57)41-22-8-3-9-23-41/h1-37H. The first-order valence-corrected chi connectivity index (χ1v) is 24.3. The van der Waals surface area contributed by atoms with Gasteiger partial charge in [-0.2, -0.15) is 0 Å². The molecular weight excluding hydrogens is 875 g/mol. The van der Waals surface area contributed by atoms with E-state index >= 15 is 0 Å². The Balaban J connectivity index is 1.10. The Bertz CT molecular complexity index is 4530. The van der Waals surface area contributed by atoms with Gasteiger partial charge in [-0.3, -0.25) is 0 Å². The van der Waals surface area contributed by atoms with Crippen LogP contribution in [0.1, 0.15) is 0 Å². The quantitative estimate of drug-likeness (QED) is 0.167. The van der Waals surface area contributed by atoms with Gasteiger partial charge in [0, 0.05) is 75.7 Å². The van der Waals surface area contributed by atoms with E-state index in [1.54, 1.807) is 0 Å². The van der Waals surface area contributed by atoms with Crippen molar-refractivity contribution in [3.63, 3.8) is 0 Å². The number of benzene rings is 10. The third-order valence-corrected chi connectivity index (χ3v) is 15.2. The van der Waals surface area contributed by atoms with Gasteiger partial charge < -0.3 is 13.6 Å². The van der Waals surface area contributed by atoms with Gasteiger partial charge in [-0.25, -0.2) is 15.0 Å². The molecule has 0 saturated heterocycles. The number of furan rings is 1. The average molecular weight is 912 g/mol. The molecule has 0 N–H and O–H groups in total. The van der Waals surface area contributed by atoms with Gasteiger partial charge >= 0.3 is 0 Å². The first-order chi connectivity index (χ1) is 34.7. The zero-order valence-electron chi connectivity index (χ0n) is 37.4. The summed E-state index contributed by atoms with van der Waals surface area (Å²) in [5.74, 6) is 1.90. The van der Waals surface area contributed by atoms with Crippen molar-refractivity contribution >= 4 is 97.1 Å². The summed E-state index contributed by atoms with van der Waals surface area (Å²) < 4.78 is 13.8. The minimum absolute atomic E-state index is 0.630. The van der Waals surface area contributed by atoms with E-state index in [0.29, 0.717) is 17.5 Å². The number of hydrogen-bond acceptors (Lipinski definition) is 5. The zero-order chi connectivity index (χ0) is 45.9. The van der Waals surface area contributed by atoms with E-state index in [-0.39, 0.29) is 0 Å². The van der Waals surface area contributed by atoms with Crippen LogP contribution >= 0.6 is 11.3 Å². The predicted octanol–water partition coefficient (Wildman–Crippen LogP) is 17.0. The summed E-state index contributed by atoms with van der Waals surface area (Å²) in [5.41, 5.74) is 13.6. The summed E-state index contributed by atoms with van der Waals surface area (Å²) in [6.45, 7) is 0. The molecule has 0 unspecified atom stereocenters. The molecule has 10 aromatic carbocycles. The highest BCUT2D eigenvalue weighted by molar-refractivity contribution is 7.26. The number of fused-ring (bicyclic) bond motifs is 13. The second-order valence-electron chi connectivity index (χ2n) is 17.9. The predicted molar refractivity (Wildman–Crippen MR) is 290 cm³/mol. The van der Waals surface area contributed by atoms with Gasteiger partial charge in [-0.1, -0.05) is 158 Å². The van der Waals surface area contributed by atoms with E-state index in [1.165, 1.54) is 31.8 Å². The van der Waals surface area contributed by atoms with Crippen LogP contribution in [-0.4, -0.2) is 24.1 Å². The molecule has 0 aliphatic rings. The maximum Gasteiger partial charge on any atom is 0.164 e. The van der Waals surface area contributed by atoms with Gasteiger partial charge in [-0.15, -0.1) is 11.3 Å². The number of nitrogens with zero attached hydrogens (tertiary/aromatic N) is 5. The molecule has 0 bridgehead atoms. The molecule has 0 saturated carbocycles. The smallest absolute Gasteiger partial charge is 0.164 e. The van der Waals surface area contributed by atoms with E-state index in [9.17, 15) is 0 Å². The fourth-order valence-corrected chi connectivity index (χ4v) is 12.2. The lowest BCUT2D eigenvalue weighted by molar-refractivity contribution is 0.669. The van der Waals surface area contributed by atoms with Gasteiger partial charge in [0.1, 0.15) is 11.2 Å². The lowest BCUT2D eigenvalue weighted by Gasteiger charge is -2.16. The second-order valence-corrected chi connectivity index (χ2v) is 18.9. The first-order valence-electron chi connectivity index (χ1n) is 23.5. The van der Waals surface area contributed by atoms with Gasteiger partial charge in [0.05, 0.1) is 32.5 Å². The molecule has 15 rings (SSSR count). The molecule has 7 heteroatoms. The first kappa shape index (κ1) is 38.9. The van der Waals surface area contributed by atoms with Crippen LogP contribution in [0.25, 0.3) is 142 Å². The highest BCUT2D eigenvalue weighted by Crippen LogP contribution is 2.50. The molecule has 15 aromatic rings. The van der Waals surface area contributed by atoms with Crippen LogP contribution in [0.3, 0.4) is 0 Å². The summed E-state index contributed by atoms with van der Waals surface area (Å²) in [6, 6.07) is 79.7. The molecular formula is C63H37N5OS. The van der Waals surface area contributed by atoms with Crippen molar-refractivity contribution in [3.05, 3.63) is 224 Å². The molecule has 0 atom stereocenters. The number of rotatable bonds is 6. The van der Waals surface area contributed by atoms with E-state index in [0.717, 1.165) is 93.2 Å². The molecule has 0 spiro atoms.